The number of aliphatic hydroxyl groups excluding tert-OH is 1. The number of hydrogen-bond donors (Lipinski definition) is 1. The third kappa shape index (κ3) is 2.74. The largest absolute Gasteiger partial charge is 0.390 e. The predicted molar refractivity (Wildman–Crippen MR) is 81.5 cm³/mol. The highest BCUT2D eigenvalue weighted by molar-refractivity contribution is 7.13. The van der Waals surface area contributed by atoms with Gasteiger partial charge in [0.1, 0.15) is 11.4 Å². The van der Waals surface area contributed by atoms with Crippen molar-refractivity contribution in [2.24, 2.45) is 0 Å². The minimum Gasteiger partial charge on any atom is -0.390 e. The van der Waals surface area contributed by atoms with Gasteiger partial charge in [0.15, 0.2) is 0 Å². The average Bonchev–Trinajstić information content (AvgIpc) is 3.16. The van der Waals surface area contributed by atoms with E-state index in [2.05, 4.69) is 10.3 Å². The fourth-order valence-electron chi connectivity index (χ4n) is 2.14. The highest BCUT2D eigenvalue weighted by Crippen LogP contribution is 2.27. The number of nitro groups is 1. The highest BCUT2D eigenvalue weighted by Gasteiger charge is 2.15. The summed E-state index contributed by atoms with van der Waals surface area (Å²) in [5, 5.41) is 30.1. The van der Waals surface area contributed by atoms with Gasteiger partial charge in [0, 0.05) is 12.1 Å². The smallest absolute Gasteiger partial charge is 0.269 e. The normalized spacial score (nSPS) is 10.8. The van der Waals surface area contributed by atoms with E-state index in [4.69, 9.17) is 0 Å². The maximum atomic E-state index is 10.7. The first-order valence-corrected chi connectivity index (χ1v) is 7.37. The van der Waals surface area contributed by atoms with E-state index in [-0.39, 0.29) is 12.3 Å². The van der Waals surface area contributed by atoms with Crippen molar-refractivity contribution in [3.63, 3.8) is 0 Å². The molecule has 0 aliphatic heterocycles. The summed E-state index contributed by atoms with van der Waals surface area (Å²) in [6.45, 7) is 0.242. The van der Waals surface area contributed by atoms with Crippen LogP contribution in [-0.4, -0.2) is 25.0 Å². The molecule has 22 heavy (non-hydrogen) atoms. The number of hydrogen-bond acceptors (Lipinski definition) is 6. The van der Waals surface area contributed by atoms with Gasteiger partial charge in [-0.2, -0.15) is 0 Å². The molecule has 0 bridgehead atoms. The Hall–Kier alpha value is -2.58. The molecule has 112 valence electrons. The van der Waals surface area contributed by atoms with Gasteiger partial charge in [-0.3, -0.25) is 10.1 Å². The molecule has 2 aromatic heterocycles. The Kier molecular flexibility index (Phi) is 3.94. The minimum absolute atomic E-state index is 0.0527. The summed E-state index contributed by atoms with van der Waals surface area (Å²) in [6, 6.07) is 10.2. The standard InChI is InChI=1S/C14H12N4O3S/c19-9-12-14(13-2-1-7-22-13)17(16-15-12)8-10-3-5-11(6-4-10)18(20)21/h1-7,19H,8-9H2. The lowest BCUT2D eigenvalue weighted by Gasteiger charge is -2.06. The molecule has 0 unspecified atom stereocenters. The van der Waals surface area contributed by atoms with E-state index in [0.29, 0.717) is 12.2 Å². The van der Waals surface area contributed by atoms with E-state index < -0.39 is 4.92 Å². The summed E-state index contributed by atoms with van der Waals surface area (Å²) in [6.07, 6.45) is 0. The van der Waals surface area contributed by atoms with Crippen LogP contribution in [0.25, 0.3) is 10.6 Å². The lowest BCUT2D eigenvalue weighted by molar-refractivity contribution is -0.384. The minimum atomic E-state index is -0.430. The summed E-state index contributed by atoms with van der Waals surface area (Å²) in [5.74, 6) is 0. The summed E-state index contributed by atoms with van der Waals surface area (Å²) in [4.78, 5) is 11.2. The Bertz CT molecular complexity index is 781. The number of rotatable bonds is 5. The van der Waals surface area contributed by atoms with Gasteiger partial charge in [-0.25, -0.2) is 4.68 Å². The van der Waals surface area contributed by atoms with E-state index in [9.17, 15) is 15.2 Å². The third-order valence-electron chi connectivity index (χ3n) is 3.19. The molecule has 0 fully saturated rings. The molecule has 2 heterocycles. The lowest BCUT2D eigenvalue weighted by atomic mass is 10.2. The summed E-state index contributed by atoms with van der Waals surface area (Å²) in [5.41, 5.74) is 2.22. The van der Waals surface area contributed by atoms with Crippen LogP contribution in [0.15, 0.2) is 41.8 Å². The SMILES string of the molecule is O=[N+]([O-])c1ccc(Cn2nnc(CO)c2-c2cccs2)cc1. The highest BCUT2D eigenvalue weighted by atomic mass is 32.1. The van der Waals surface area contributed by atoms with E-state index in [1.807, 2.05) is 17.5 Å². The molecule has 0 amide bonds. The number of nitro benzene ring substituents is 1. The number of aliphatic hydroxyl groups is 1. The van der Waals surface area contributed by atoms with Crippen molar-refractivity contribution < 1.29 is 10.0 Å². The van der Waals surface area contributed by atoms with Gasteiger partial charge in [-0.1, -0.05) is 23.4 Å². The van der Waals surface area contributed by atoms with Crippen molar-refractivity contribution in [2.45, 2.75) is 13.2 Å². The second kappa shape index (κ2) is 6.04. The molecule has 0 aliphatic carbocycles. The van der Waals surface area contributed by atoms with Crippen LogP contribution in [0.1, 0.15) is 11.3 Å². The molecule has 0 saturated heterocycles. The zero-order valence-electron chi connectivity index (χ0n) is 11.4. The number of non-ortho nitro benzene ring substituents is 1. The summed E-state index contributed by atoms with van der Waals surface area (Å²) >= 11 is 1.54. The lowest BCUT2D eigenvalue weighted by Crippen LogP contribution is -2.04. The van der Waals surface area contributed by atoms with Crippen LogP contribution in [0.2, 0.25) is 0 Å². The molecular weight excluding hydrogens is 304 g/mol. The van der Waals surface area contributed by atoms with Gasteiger partial charge in [0.2, 0.25) is 0 Å². The molecule has 0 spiro atoms. The van der Waals surface area contributed by atoms with Crippen LogP contribution in [0.3, 0.4) is 0 Å². The molecule has 0 atom stereocenters. The van der Waals surface area contributed by atoms with Crippen molar-refractivity contribution in [2.75, 3.05) is 0 Å². The van der Waals surface area contributed by atoms with Crippen LogP contribution in [-0.2, 0) is 13.2 Å². The number of thiophene rings is 1. The fourth-order valence-corrected chi connectivity index (χ4v) is 2.94. The molecule has 0 radical (unpaired) electrons. The molecular formula is C14H12N4O3S. The molecule has 3 aromatic rings. The Morgan fingerprint density at radius 2 is 2.05 bits per heavy atom. The molecule has 1 aromatic carbocycles. The quantitative estimate of drug-likeness (QED) is 0.576. The number of nitrogens with zero attached hydrogens (tertiary/aromatic N) is 4. The summed E-state index contributed by atoms with van der Waals surface area (Å²) < 4.78 is 1.69. The second-order valence-electron chi connectivity index (χ2n) is 4.60. The van der Waals surface area contributed by atoms with E-state index >= 15 is 0 Å². The monoisotopic (exact) mass is 316 g/mol. The second-order valence-corrected chi connectivity index (χ2v) is 5.55. The van der Waals surface area contributed by atoms with Crippen molar-refractivity contribution in [3.8, 4) is 10.6 Å². The van der Waals surface area contributed by atoms with Gasteiger partial charge in [0.05, 0.1) is 23.0 Å². The molecule has 1 N–H and O–H groups in total. The first-order chi connectivity index (χ1) is 10.7. The summed E-state index contributed by atoms with van der Waals surface area (Å²) in [7, 11) is 0. The van der Waals surface area contributed by atoms with E-state index in [1.165, 1.54) is 12.1 Å². The van der Waals surface area contributed by atoms with Gasteiger partial charge in [-0.05, 0) is 17.0 Å². The molecule has 8 heteroatoms. The van der Waals surface area contributed by atoms with Crippen LogP contribution < -0.4 is 0 Å². The van der Waals surface area contributed by atoms with Crippen molar-refractivity contribution >= 4 is 17.0 Å². The van der Waals surface area contributed by atoms with Gasteiger partial charge in [-0.15, -0.1) is 16.4 Å². The van der Waals surface area contributed by atoms with Crippen molar-refractivity contribution in [3.05, 3.63) is 63.1 Å². The van der Waals surface area contributed by atoms with Crippen molar-refractivity contribution in [1.82, 2.24) is 15.0 Å². The van der Waals surface area contributed by atoms with E-state index in [1.54, 1.807) is 28.2 Å². The van der Waals surface area contributed by atoms with Gasteiger partial charge >= 0.3 is 0 Å². The van der Waals surface area contributed by atoms with Gasteiger partial charge < -0.3 is 5.11 Å². The Balaban J connectivity index is 1.92. The Labute approximate surface area is 129 Å². The maximum Gasteiger partial charge on any atom is 0.269 e. The molecule has 0 saturated carbocycles. The first-order valence-electron chi connectivity index (χ1n) is 6.49. The maximum absolute atomic E-state index is 10.7. The fraction of sp³-hybridized carbons (Fsp3) is 0.143. The van der Waals surface area contributed by atoms with E-state index in [0.717, 1.165) is 16.1 Å². The van der Waals surface area contributed by atoms with Gasteiger partial charge in [0.25, 0.3) is 5.69 Å². The van der Waals surface area contributed by atoms with Crippen LogP contribution in [0.4, 0.5) is 5.69 Å². The number of benzene rings is 1. The molecule has 0 aliphatic rings. The molecule has 7 nitrogen and oxygen atoms in total. The van der Waals surface area contributed by atoms with Crippen molar-refractivity contribution in [1.29, 1.82) is 0 Å². The van der Waals surface area contributed by atoms with Crippen LogP contribution >= 0.6 is 11.3 Å². The zero-order chi connectivity index (χ0) is 15.5. The number of aromatic nitrogens is 3. The Morgan fingerprint density at radius 1 is 1.27 bits per heavy atom. The van der Waals surface area contributed by atoms with Crippen LogP contribution in [0.5, 0.6) is 0 Å². The topological polar surface area (TPSA) is 94.1 Å². The Morgan fingerprint density at radius 3 is 2.64 bits per heavy atom. The first kappa shape index (κ1) is 14.4. The molecule has 3 rings (SSSR count). The third-order valence-corrected chi connectivity index (χ3v) is 4.07. The average molecular weight is 316 g/mol. The predicted octanol–water partition coefficient (Wildman–Crippen LogP) is 2.46. The zero-order valence-corrected chi connectivity index (χ0v) is 12.2. The van der Waals surface area contributed by atoms with Crippen LogP contribution in [0, 0.1) is 10.1 Å².